The Labute approximate surface area is 151 Å². The number of rotatable bonds is 3. The molecule has 1 aliphatic heterocycles. The van der Waals surface area contributed by atoms with Crippen molar-refractivity contribution in [3.63, 3.8) is 0 Å². The maximum Gasteiger partial charge on any atom is 0.261 e. The van der Waals surface area contributed by atoms with Crippen LogP contribution in [0, 0.1) is 5.82 Å². The van der Waals surface area contributed by atoms with Gasteiger partial charge in [-0.2, -0.15) is 0 Å². The van der Waals surface area contributed by atoms with Gasteiger partial charge >= 0.3 is 0 Å². The van der Waals surface area contributed by atoms with Crippen molar-refractivity contribution in [1.82, 2.24) is 14.5 Å². The van der Waals surface area contributed by atoms with Gasteiger partial charge in [-0.25, -0.2) is 9.37 Å². The lowest BCUT2D eigenvalue weighted by molar-refractivity contribution is 0.0720. The fourth-order valence-corrected chi connectivity index (χ4v) is 3.77. The largest absolute Gasteiger partial charge is 0.496 e. The number of halogens is 1. The summed E-state index contributed by atoms with van der Waals surface area (Å²) in [6.07, 6.45) is 1.66. The van der Waals surface area contributed by atoms with E-state index in [1.165, 1.54) is 19.2 Å². The molecule has 134 valence electrons. The first-order valence-electron chi connectivity index (χ1n) is 8.66. The summed E-state index contributed by atoms with van der Waals surface area (Å²) in [5, 5.41) is 0. The van der Waals surface area contributed by atoms with Crippen molar-refractivity contribution in [2.75, 3.05) is 13.7 Å². The average Bonchev–Trinajstić information content (AvgIpc) is 3.26. The van der Waals surface area contributed by atoms with E-state index >= 15 is 0 Å². The SMILES string of the molecule is COc1cccc(F)c1C(=O)N1CCC[C@H]1c1nc2ccccc2n1C. The van der Waals surface area contributed by atoms with E-state index in [-0.39, 0.29) is 23.3 Å². The van der Waals surface area contributed by atoms with Crippen LogP contribution in [0.4, 0.5) is 4.39 Å². The van der Waals surface area contributed by atoms with Crippen molar-refractivity contribution in [3.05, 3.63) is 59.7 Å². The van der Waals surface area contributed by atoms with Crippen LogP contribution < -0.4 is 4.74 Å². The number of aromatic nitrogens is 2. The fourth-order valence-electron chi connectivity index (χ4n) is 3.77. The van der Waals surface area contributed by atoms with E-state index < -0.39 is 5.82 Å². The van der Waals surface area contributed by atoms with Gasteiger partial charge in [0.05, 0.1) is 24.2 Å². The summed E-state index contributed by atoms with van der Waals surface area (Å²) in [6.45, 7) is 0.574. The Morgan fingerprint density at radius 2 is 2.04 bits per heavy atom. The first-order valence-corrected chi connectivity index (χ1v) is 8.66. The van der Waals surface area contributed by atoms with Crippen LogP contribution in [-0.2, 0) is 7.05 Å². The maximum atomic E-state index is 14.4. The molecular weight excluding hydrogens is 333 g/mol. The van der Waals surface area contributed by atoms with Gasteiger partial charge < -0.3 is 14.2 Å². The third kappa shape index (κ3) is 2.53. The number of para-hydroxylation sites is 2. The van der Waals surface area contributed by atoms with Gasteiger partial charge in [0.15, 0.2) is 0 Å². The second-order valence-electron chi connectivity index (χ2n) is 6.49. The highest BCUT2D eigenvalue weighted by Gasteiger charge is 2.35. The van der Waals surface area contributed by atoms with Crippen LogP contribution in [0.5, 0.6) is 5.75 Å². The third-order valence-electron chi connectivity index (χ3n) is 5.04. The normalized spacial score (nSPS) is 17.0. The quantitative estimate of drug-likeness (QED) is 0.721. The zero-order valence-corrected chi connectivity index (χ0v) is 14.8. The Balaban J connectivity index is 1.75. The summed E-state index contributed by atoms with van der Waals surface area (Å²) >= 11 is 0. The van der Waals surface area contributed by atoms with Gasteiger partial charge in [0.25, 0.3) is 5.91 Å². The number of aryl methyl sites for hydroxylation is 1. The van der Waals surface area contributed by atoms with Gasteiger partial charge in [0.1, 0.15) is 23.0 Å². The molecule has 0 radical (unpaired) electrons. The minimum absolute atomic E-state index is 0.0133. The van der Waals surface area contributed by atoms with Crippen molar-refractivity contribution in [2.24, 2.45) is 7.05 Å². The number of likely N-dealkylation sites (tertiary alicyclic amines) is 1. The molecule has 0 N–H and O–H groups in total. The molecule has 1 amide bonds. The van der Waals surface area contributed by atoms with Crippen LogP contribution >= 0.6 is 0 Å². The molecule has 26 heavy (non-hydrogen) atoms. The summed E-state index contributed by atoms with van der Waals surface area (Å²) in [7, 11) is 3.40. The molecule has 5 nitrogen and oxygen atoms in total. The van der Waals surface area contributed by atoms with Gasteiger partial charge in [-0.1, -0.05) is 18.2 Å². The third-order valence-corrected chi connectivity index (χ3v) is 5.04. The first kappa shape index (κ1) is 16.6. The number of fused-ring (bicyclic) bond motifs is 1. The van der Waals surface area contributed by atoms with E-state index in [0.717, 1.165) is 29.7 Å². The zero-order valence-electron chi connectivity index (χ0n) is 14.8. The Morgan fingerprint density at radius 3 is 2.81 bits per heavy atom. The molecular formula is C20H20FN3O2. The zero-order chi connectivity index (χ0) is 18.3. The van der Waals surface area contributed by atoms with Gasteiger partial charge in [0.2, 0.25) is 0 Å². The molecule has 1 saturated heterocycles. The second kappa shape index (κ2) is 6.44. The van der Waals surface area contributed by atoms with E-state index in [9.17, 15) is 9.18 Å². The molecule has 0 spiro atoms. The van der Waals surface area contributed by atoms with E-state index in [0.29, 0.717) is 6.54 Å². The molecule has 0 unspecified atom stereocenters. The van der Waals surface area contributed by atoms with Crippen LogP contribution in [0.15, 0.2) is 42.5 Å². The first-order chi connectivity index (χ1) is 12.6. The van der Waals surface area contributed by atoms with Gasteiger partial charge in [-0.05, 0) is 37.1 Å². The lowest BCUT2D eigenvalue weighted by Gasteiger charge is -2.25. The lowest BCUT2D eigenvalue weighted by Crippen LogP contribution is -2.32. The number of hydrogen-bond donors (Lipinski definition) is 0. The Hall–Kier alpha value is -2.89. The minimum Gasteiger partial charge on any atom is -0.496 e. The molecule has 4 rings (SSSR count). The molecule has 0 saturated carbocycles. The number of amides is 1. The number of nitrogens with zero attached hydrogens (tertiary/aromatic N) is 3. The van der Waals surface area contributed by atoms with E-state index in [1.54, 1.807) is 11.0 Å². The van der Waals surface area contributed by atoms with Crippen LogP contribution in [0.2, 0.25) is 0 Å². The molecule has 1 fully saturated rings. The molecule has 1 aromatic heterocycles. The predicted molar refractivity (Wildman–Crippen MR) is 96.7 cm³/mol. The number of ether oxygens (including phenoxy) is 1. The maximum absolute atomic E-state index is 14.4. The van der Waals surface area contributed by atoms with E-state index in [1.807, 2.05) is 35.9 Å². The van der Waals surface area contributed by atoms with E-state index in [2.05, 4.69) is 0 Å². The van der Waals surface area contributed by atoms with Gasteiger partial charge in [0, 0.05) is 13.6 Å². The highest BCUT2D eigenvalue weighted by molar-refractivity contribution is 5.97. The Morgan fingerprint density at radius 1 is 1.23 bits per heavy atom. The number of benzene rings is 2. The molecule has 2 aromatic carbocycles. The number of hydrogen-bond acceptors (Lipinski definition) is 3. The van der Waals surface area contributed by atoms with Crippen LogP contribution in [0.1, 0.15) is 35.1 Å². The van der Waals surface area contributed by atoms with E-state index in [4.69, 9.17) is 9.72 Å². The topological polar surface area (TPSA) is 47.4 Å². The highest BCUT2D eigenvalue weighted by atomic mass is 19.1. The summed E-state index contributed by atoms with van der Waals surface area (Å²) in [5.74, 6) is 0.164. The molecule has 3 aromatic rings. The average molecular weight is 353 g/mol. The Bertz CT molecular complexity index is 982. The van der Waals surface area contributed by atoms with Crippen molar-refractivity contribution in [1.29, 1.82) is 0 Å². The van der Waals surface area contributed by atoms with Crippen LogP contribution in [0.3, 0.4) is 0 Å². The predicted octanol–water partition coefficient (Wildman–Crippen LogP) is 3.70. The fraction of sp³-hybridized carbons (Fsp3) is 0.300. The smallest absolute Gasteiger partial charge is 0.261 e. The number of imidazole rings is 1. The Kier molecular flexibility index (Phi) is 4.11. The molecule has 1 aliphatic rings. The monoisotopic (exact) mass is 353 g/mol. The summed E-state index contributed by atoms with van der Waals surface area (Å²) < 4.78 is 21.6. The van der Waals surface area contributed by atoms with Crippen molar-refractivity contribution < 1.29 is 13.9 Å². The lowest BCUT2D eigenvalue weighted by atomic mass is 10.1. The van der Waals surface area contributed by atoms with Crippen LogP contribution in [0.25, 0.3) is 11.0 Å². The second-order valence-corrected chi connectivity index (χ2v) is 6.49. The minimum atomic E-state index is -0.565. The standard InChI is InChI=1S/C20H20FN3O2/c1-23-15-9-4-3-8-14(15)22-19(23)16-10-6-12-24(16)20(25)18-13(21)7-5-11-17(18)26-2/h3-5,7-9,11,16H,6,10,12H2,1-2H3/t16-/m0/s1. The van der Waals surface area contributed by atoms with Crippen LogP contribution in [-0.4, -0.2) is 34.0 Å². The molecule has 0 bridgehead atoms. The molecule has 6 heteroatoms. The van der Waals surface area contributed by atoms with Crippen molar-refractivity contribution in [3.8, 4) is 5.75 Å². The molecule has 2 heterocycles. The summed E-state index contributed by atoms with van der Waals surface area (Å²) in [5.41, 5.74) is 1.90. The van der Waals surface area contributed by atoms with Gasteiger partial charge in [-0.15, -0.1) is 0 Å². The summed E-state index contributed by atoms with van der Waals surface area (Å²) in [6, 6.07) is 12.1. The molecule has 1 atom stereocenters. The molecule has 0 aliphatic carbocycles. The highest BCUT2D eigenvalue weighted by Crippen LogP contribution is 2.35. The van der Waals surface area contributed by atoms with Crippen molar-refractivity contribution >= 4 is 16.9 Å². The number of methoxy groups -OCH3 is 1. The number of carbonyl (C=O) groups is 1. The van der Waals surface area contributed by atoms with Gasteiger partial charge in [-0.3, -0.25) is 4.79 Å². The van der Waals surface area contributed by atoms with Crippen molar-refractivity contribution in [2.45, 2.75) is 18.9 Å². The number of carbonyl (C=O) groups excluding carboxylic acids is 1. The summed E-state index contributed by atoms with van der Waals surface area (Å²) in [4.78, 5) is 19.6.